The number of hydrogen-bond donors (Lipinski definition) is 1. The number of hydrogen-bond acceptors (Lipinski definition) is 4. The third-order valence-electron chi connectivity index (χ3n) is 5.32. The molecule has 0 saturated carbocycles. The zero-order chi connectivity index (χ0) is 15.3. The van der Waals surface area contributed by atoms with Crippen molar-refractivity contribution in [1.82, 2.24) is 15.1 Å². The number of thioether (sulfide) groups is 1. The van der Waals surface area contributed by atoms with Gasteiger partial charge in [0, 0.05) is 71.0 Å². The lowest BCUT2D eigenvalue weighted by Crippen LogP contribution is -2.45. The van der Waals surface area contributed by atoms with Crippen molar-refractivity contribution in [3.63, 3.8) is 0 Å². The predicted molar refractivity (Wildman–Crippen MR) is 93.8 cm³/mol. The summed E-state index contributed by atoms with van der Waals surface area (Å²) in [6.45, 7) is 8.77. The van der Waals surface area contributed by atoms with Crippen LogP contribution in [-0.4, -0.2) is 86.8 Å². The molecule has 0 radical (unpaired) electrons. The number of aliphatic imine (C=N–C) groups is 1. The number of rotatable bonds is 3. The Balaban J connectivity index is 1.43. The first kappa shape index (κ1) is 16.4. The molecule has 0 unspecified atom stereocenters. The molecule has 0 aromatic rings. The van der Waals surface area contributed by atoms with E-state index in [1.54, 1.807) is 0 Å². The van der Waals surface area contributed by atoms with Crippen LogP contribution in [0.2, 0.25) is 0 Å². The summed E-state index contributed by atoms with van der Waals surface area (Å²) < 4.78 is 5.54. The van der Waals surface area contributed by atoms with Crippen LogP contribution in [0.25, 0.3) is 0 Å². The quantitative estimate of drug-likeness (QED) is 0.621. The summed E-state index contributed by atoms with van der Waals surface area (Å²) in [5.41, 5.74) is 0.486. The van der Waals surface area contributed by atoms with Gasteiger partial charge in [-0.25, -0.2) is 0 Å². The van der Waals surface area contributed by atoms with Crippen LogP contribution < -0.4 is 5.32 Å². The van der Waals surface area contributed by atoms with Gasteiger partial charge in [0.15, 0.2) is 5.96 Å². The van der Waals surface area contributed by atoms with E-state index in [1.807, 2.05) is 7.05 Å². The van der Waals surface area contributed by atoms with Crippen molar-refractivity contribution in [1.29, 1.82) is 0 Å². The summed E-state index contributed by atoms with van der Waals surface area (Å²) >= 11 is 2.07. The Morgan fingerprint density at radius 1 is 1.18 bits per heavy atom. The van der Waals surface area contributed by atoms with Gasteiger partial charge in [-0.2, -0.15) is 11.8 Å². The van der Waals surface area contributed by atoms with E-state index in [2.05, 4.69) is 31.9 Å². The minimum absolute atomic E-state index is 0.486. The zero-order valence-electron chi connectivity index (χ0n) is 13.9. The highest BCUT2D eigenvalue weighted by Crippen LogP contribution is 2.39. The van der Waals surface area contributed by atoms with Crippen molar-refractivity contribution in [3.8, 4) is 0 Å². The number of nitrogens with zero attached hydrogens (tertiary/aromatic N) is 3. The standard InChI is InChI=1S/C16H30N4OS/c1-17-15(18-5-7-19-8-12-22-13-9-19)20-6-2-16(14-20)3-10-21-11-4-16/h2-14H2,1H3,(H,17,18). The van der Waals surface area contributed by atoms with Crippen molar-refractivity contribution < 1.29 is 4.74 Å². The molecule has 1 spiro atoms. The zero-order valence-corrected chi connectivity index (χ0v) is 14.7. The minimum Gasteiger partial charge on any atom is -0.381 e. The summed E-state index contributed by atoms with van der Waals surface area (Å²) in [6, 6.07) is 0. The van der Waals surface area contributed by atoms with Crippen molar-refractivity contribution in [3.05, 3.63) is 0 Å². The van der Waals surface area contributed by atoms with Gasteiger partial charge < -0.3 is 15.0 Å². The molecule has 5 nitrogen and oxygen atoms in total. The number of ether oxygens (including phenoxy) is 1. The molecule has 6 heteroatoms. The van der Waals surface area contributed by atoms with Crippen LogP contribution in [0, 0.1) is 5.41 Å². The van der Waals surface area contributed by atoms with E-state index in [0.717, 1.165) is 45.4 Å². The van der Waals surface area contributed by atoms with Gasteiger partial charge in [-0.05, 0) is 24.7 Å². The van der Waals surface area contributed by atoms with Crippen LogP contribution in [0.5, 0.6) is 0 Å². The fraction of sp³-hybridized carbons (Fsp3) is 0.938. The minimum atomic E-state index is 0.486. The lowest BCUT2D eigenvalue weighted by molar-refractivity contribution is 0.0217. The van der Waals surface area contributed by atoms with Crippen molar-refractivity contribution >= 4 is 17.7 Å². The van der Waals surface area contributed by atoms with E-state index >= 15 is 0 Å². The molecule has 3 saturated heterocycles. The first-order chi connectivity index (χ1) is 10.8. The second-order valence-corrected chi connectivity index (χ2v) is 7.94. The fourth-order valence-electron chi connectivity index (χ4n) is 3.81. The first-order valence-electron chi connectivity index (χ1n) is 8.65. The Kier molecular flexibility index (Phi) is 5.88. The molecule has 0 aliphatic carbocycles. The van der Waals surface area contributed by atoms with Crippen LogP contribution in [0.15, 0.2) is 4.99 Å². The van der Waals surface area contributed by atoms with Gasteiger partial charge in [-0.15, -0.1) is 0 Å². The maximum absolute atomic E-state index is 5.54. The highest BCUT2D eigenvalue weighted by Gasteiger charge is 2.40. The Labute approximate surface area is 138 Å². The van der Waals surface area contributed by atoms with Crippen LogP contribution in [0.3, 0.4) is 0 Å². The lowest BCUT2D eigenvalue weighted by Gasteiger charge is -2.33. The maximum atomic E-state index is 5.54. The summed E-state index contributed by atoms with van der Waals surface area (Å²) in [4.78, 5) is 9.52. The average molecular weight is 327 g/mol. The molecule has 0 bridgehead atoms. The van der Waals surface area contributed by atoms with E-state index in [4.69, 9.17) is 4.74 Å². The number of guanidine groups is 1. The average Bonchev–Trinajstić information content (AvgIpc) is 2.96. The summed E-state index contributed by atoms with van der Waals surface area (Å²) in [6.07, 6.45) is 3.72. The molecule has 0 amide bonds. The molecule has 0 aromatic carbocycles. The van der Waals surface area contributed by atoms with Crippen LogP contribution >= 0.6 is 11.8 Å². The third-order valence-corrected chi connectivity index (χ3v) is 6.26. The monoisotopic (exact) mass is 326 g/mol. The van der Waals surface area contributed by atoms with Gasteiger partial charge >= 0.3 is 0 Å². The van der Waals surface area contributed by atoms with E-state index in [0.29, 0.717) is 5.41 Å². The number of nitrogens with one attached hydrogen (secondary N) is 1. The van der Waals surface area contributed by atoms with Crippen LogP contribution in [0.4, 0.5) is 0 Å². The van der Waals surface area contributed by atoms with Gasteiger partial charge in [-0.3, -0.25) is 9.89 Å². The lowest BCUT2D eigenvalue weighted by atomic mass is 9.80. The van der Waals surface area contributed by atoms with E-state index in [1.165, 1.54) is 43.9 Å². The first-order valence-corrected chi connectivity index (χ1v) is 9.80. The SMILES string of the molecule is CN=C(NCCN1CCSCC1)N1CCC2(CCOCC2)C1. The largest absolute Gasteiger partial charge is 0.381 e. The number of likely N-dealkylation sites (tertiary alicyclic amines) is 1. The Morgan fingerprint density at radius 3 is 2.68 bits per heavy atom. The van der Waals surface area contributed by atoms with Gasteiger partial charge in [0.1, 0.15) is 0 Å². The van der Waals surface area contributed by atoms with Gasteiger partial charge in [0.2, 0.25) is 0 Å². The highest BCUT2D eigenvalue weighted by molar-refractivity contribution is 7.99. The molecule has 3 aliphatic heterocycles. The molecule has 3 fully saturated rings. The Bertz CT molecular complexity index is 378. The van der Waals surface area contributed by atoms with Gasteiger partial charge in [0.05, 0.1) is 0 Å². The Morgan fingerprint density at radius 2 is 1.95 bits per heavy atom. The third kappa shape index (κ3) is 4.09. The molecule has 126 valence electrons. The van der Waals surface area contributed by atoms with Gasteiger partial charge in [-0.1, -0.05) is 0 Å². The summed E-state index contributed by atoms with van der Waals surface area (Å²) in [5, 5.41) is 3.58. The molecule has 3 heterocycles. The molecular weight excluding hydrogens is 296 g/mol. The molecule has 0 aromatic heterocycles. The normalized spacial score (nSPS) is 26.6. The topological polar surface area (TPSA) is 40.1 Å². The van der Waals surface area contributed by atoms with E-state index in [-0.39, 0.29) is 0 Å². The van der Waals surface area contributed by atoms with Crippen molar-refractivity contribution in [2.45, 2.75) is 19.3 Å². The molecular formula is C16H30N4OS. The predicted octanol–water partition coefficient (Wildman–Crippen LogP) is 1.11. The van der Waals surface area contributed by atoms with E-state index < -0.39 is 0 Å². The molecule has 22 heavy (non-hydrogen) atoms. The van der Waals surface area contributed by atoms with Crippen LogP contribution in [0.1, 0.15) is 19.3 Å². The fourth-order valence-corrected chi connectivity index (χ4v) is 4.79. The summed E-state index contributed by atoms with van der Waals surface area (Å²) in [7, 11) is 1.91. The molecule has 3 rings (SSSR count). The Hall–Kier alpha value is -0.460. The summed E-state index contributed by atoms with van der Waals surface area (Å²) in [5.74, 6) is 3.66. The molecule has 3 aliphatic rings. The highest BCUT2D eigenvalue weighted by atomic mass is 32.2. The molecule has 0 atom stereocenters. The second kappa shape index (κ2) is 7.88. The van der Waals surface area contributed by atoms with Crippen molar-refractivity contribution in [2.75, 3.05) is 71.0 Å². The molecule has 1 N–H and O–H groups in total. The second-order valence-electron chi connectivity index (χ2n) is 6.71. The smallest absolute Gasteiger partial charge is 0.193 e. The van der Waals surface area contributed by atoms with Crippen molar-refractivity contribution in [2.24, 2.45) is 10.4 Å². The maximum Gasteiger partial charge on any atom is 0.193 e. The van der Waals surface area contributed by atoms with E-state index in [9.17, 15) is 0 Å². The van der Waals surface area contributed by atoms with Gasteiger partial charge in [0.25, 0.3) is 0 Å². The van der Waals surface area contributed by atoms with Crippen LogP contribution in [-0.2, 0) is 4.74 Å².